The summed E-state index contributed by atoms with van der Waals surface area (Å²) < 4.78 is 16.5. The Morgan fingerprint density at radius 1 is 1.26 bits per heavy atom. The Balaban J connectivity index is 2.04. The van der Waals surface area contributed by atoms with Crippen LogP contribution in [0.25, 0.3) is 0 Å². The molecule has 1 aromatic carbocycles. The van der Waals surface area contributed by atoms with E-state index in [-0.39, 0.29) is 12.1 Å². The Kier molecular flexibility index (Phi) is 3.94. The van der Waals surface area contributed by atoms with Gasteiger partial charge in [0.1, 0.15) is 17.5 Å². The predicted molar refractivity (Wildman–Crippen MR) is 102 cm³/mol. The van der Waals surface area contributed by atoms with Crippen LogP contribution < -0.4 is 21.9 Å². The molecule has 7 nitrogen and oxygen atoms in total. The van der Waals surface area contributed by atoms with Crippen LogP contribution in [0.3, 0.4) is 0 Å². The lowest BCUT2D eigenvalue weighted by Crippen LogP contribution is -2.50. The van der Waals surface area contributed by atoms with Crippen molar-refractivity contribution in [3.05, 3.63) is 62.0 Å². The fourth-order valence-corrected chi connectivity index (χ4v) is 4.04. The number of amidine groups is 1. The van der Waals surface area contributed by atoms with Gasteiger partial charge in [-0.3, -0.25) is 18.9 Å². The summed E-state index contributed by atoms with van der Waals surface area (Å²) in [6.45, 7) is 3.39. The third kappa shape index (κ3) is 2.94. The van der Waals surface area contributed by atoms with E-state index in [1.807, 2.05) is 11.8 Å². The molecule has 0 saturated carbocycles. The average Bonchev–Trinajstić information content (AvgIpc) is 2.61. The van der Waals surface area contributed by atoms with Gasteiger partial charge in [-0.05, 0) is 43.5 Å². The maximum Gasteiger partial charge on any atom is 0.332 e. The minimum absolute atomic E-state index is 0.110. The number of aromatic nitrogens is 2. The van der Waals surface area contributed by atoms with Gasteiger partial charge in [-0.15, -0.1) is 0 Å². The first kappa shape index (κ1) is 17.5. The topological polar surface area (TPSA) is 85.6 Å². The second-order valence-electron chi connectivity index (χ2n) is 7.59. The molecular formula is C19H22FN5O2. The maximum atomic E-state index is 13.9. The van der Waals surface area contributed by atoms with Gasteiger partial charge in [0.05, 0.1) is 12.1 Å². The Morgan fingerprint density at radius 2 is 2.04 bits per heavy atom. The molecule has 142 valence electrons. The number of aliphatic imine (C=N–C) groups is 1. The quantitative estimate of drug-likeness (QED) is 0.743. The molecule has 0 amide bonds. The molecule has 2 aromatic rings. The zero-order valence-corrected chi connectivity index (χ0v) is 15.4. The van der Waals surface area contributed by atoms with E-state index in [1.165, 1.54) is 29.8 Å². The van der Waals surface area contributed by atoms with Crippen molar-refractivity contribution in [3.63, 3.8) is 0 Å². The van der Waals surface area contributed by atoms with E-state index < -0.39 is 17.0 Å². The van der Waals surface area contributed by atoms with Gasteiger partial charge >= 0.3 is 5.69 Å². The van der Waals surface area contributed by atoms with Gasteiger partial charge in [0.2, 0.25) is 0 Å². The number of hydrogen-bond donors (Lipinski definition) is 1. The highest BCUT2D eigenvalue weighted by Crippen LogP contribution is 2.30. The summed E-state index contributed by atoms with van der Waals surface area (Å²) in [7, 11) is 1.44. The van der Waals surface area contributed by atoms with E-state index in [0.717, 1.165) is 17.4 Å². The van der Waals surface area contributed by atoms with Crippen molar-refractivity contribution in [2.24, 2.45) is 17.8 Å². The average molecular weight is 371 g/mol. The SMILES string of the molecule is Cn1c(=O)cc2n(c1=O)Cc1cc(F)ccc1C(N)=N[C@]1(C)CCCN2C1. The van der Waals surface area contributed by atoms with Crippen molar-refractivity contribution in [2.75, 3.05) is 18.0 Å². The van der Waals surface area contributed by atoms with Crippen LogP contribution in [0, 0.1) is 5.82 Å². The molecule has 1 fully saturated rings. The van der Waals surface area contributed by atoms with Gasteiger partial charge in [0.25, 0.3) is 5.56 Å². The molecule has 2 aliphatic rings. The Bertz CT molecular complexity index is 1070. The number of anilines is 1. The number of rotatable bonds is 0. The maximum absolute atomic E-state index is 13.9. The Labute approximate surface area is 155 Å². The molecule has 27 heavy (non-hydrogen) atoms. The molecule has 4 rings (SSSR count). The summed E-state index contributed by atoms with van der Waals surface area (Å²) in [5.74, 6) is 0.473. The summed E-state index contributed by atoms with van der Waals surface area (Å²) in [5, 5.41) is 0. The second kappa shape index (κ2) is 6.07. The van der Waals surface area contributed by atoms with Gasteiger partial charge in [-0.2, -0.15) is 0 Å². The zero-order valence-electron chi connectivity index (χ0n) is 15.4. The number of hydrogen-bond acceptors (Lipinski definition) is 5. The van der Waals surface area contributed by atoms with Gasteiger partial charge in [-0.1, -0.05) is 0 Å². The molecule has 1 saturated heterocycles. The number of nitrogens with two attached hydrogens (primary N) is 1. The normalized spacial score (nSPS) is 21.9. The smallest absolute Gasteiger partial charge is 0.332 e. The highest BCUT2D eigenvalue weighted by atomic mass is 19.1. The van der Waals surface area contributed by atoms with Crippen molar-refractivity contribution in [2.45, 2.75) is 31.8 Å². The molecule has 1 aromatic heterocycles. The molecule has 1 atom stereocenters. The fraction of sp³-hybridized carbons (Fsp3) is 0.421. The first-order valence-electron chi connectivity index (χ1n) is 8.97. The largest absolute Gasteiger partial charge is 0.383 e. The monoisotopic (exact) mass is 371 g/mol. The molecule has 0 unspecified atom stereocenters. The first-order valence-corrected chi connectivity index (χ1v) is 8.97. The number of halogens is 1. The molecule has 2 N–H and O–H groups in total. The van der Waals surface area contributed by atoms with Crippen LogP contribution >= 0.6 is 0 Å². The van der Waals surface area contributed by atoms with E-state index in [2.05, 4.69) is 0 Å². The highest BCUT2D eigenvalue weighted by molar-refractivity contribution is 5.99. The molecule has 2 aliphatic heterocycles. The summed E-state index contributed by atoms with van der Waals surface area (Å²) in [6.07, 6.45) is 1.71. The molecule has 0 radical (unpaired) electrons. The van der Waals surface area contributed by atoms with Crippen LogP contribution in [0.4, 0.5) is 10.2 Å². The standard InChI is InChI=1S/C19H22FN5O2/c1-19-6-3-7-24(11-19)15-9-16(26)23(2)18(27)25(15)10-12-8-13(20)4-5-14(12)17(21)22-19/h4-5,8-9H,3,6-7,10-11H2,1-2H3,(H2,21,22)/t19-/m1/s1. The van der Waals surface area contributed by atoms with Gasteiger partial charge < -0.3 is 10.6 Å². The number of piperidine rings is 1. The molecule has 8 heteroatoms. The summed E-state index contributed by atoms with van der Waals surface area (Å²) in [4.78, 5) is 31.9. The van der Waals surface area contributed by atoms with Crippen LogP contribution in [-0.2, 0) is 13.6 Å². The Morgan fingerprint density at radius 3 is 2.81 bits per heavy atom. The lowest BCUT2D eigenvalue weighted by molar-refractivity contribution is 0.371. The minimum atomic E-state index is -0.451. The van der Waals surface area contributed by atoms with E-state index in [9.17, 15) is 14.0 Å². The summed E-state index contributed by atoms with van der Waals surface area (Å²) >= 11 is 0. The fourth-order valence-electron chi connectivity index (χ4n) is 4.04. The number of benzene rings is 1. The molecule has 3 heterocycles. The summed E-state index contributed by atoms with van der Waals surface area (Å²) in [6, 6.07) is 5.78. The van der Waals surface area contributed by atoms with E-state index in [1.54, 1.807) is 6.07 Å². The lowest BCUT2D eigenvalue weighted by atomic mass is 9.91. The first-order chi connectivity index (χ1) is 12.8. The van der Waals surface area contributed by atoms with E-state index >= 15 is 0 Å². The second-order valence-corrected chi connectivity index (χ2v) is 7.59. The summed E-state index contributed by atoms with van der Waals surface area (Å²) in [5.41, 5.74) is 6.21. The van der Waals surface area contributed by atoms with Crippen LogP contribution in [-0.4, -0.2) is 33.6 Å². The van der Waals surface area contributed by atoms with Crippen LogP contribution in [0.2, 0.25) is 0 Å². The molecule has 0 spiro atoms. The van der Waals surface area contributed by atoms with Gasteiger partial charge in [0.15, 0.2) is 0 Å². The Hall–Kier alpha value is -2.90. The van der Waals surface area contributed by atoms with Gasteiger partial charge in [0, 0.05) is 31.8 Å². The molecular weight excluding hydrogens is 349 g/mol. The van der Waals surface area contributed by atoms with Crippen molar-refractivity contribution in [1.82, 2.24) is 9.13 Å². The van der Waals surface area contributed by atoms with Crippen molar-refractivity contribution in [1.29, 1.82) is 0 Å². The molecule has 2 bridgehead atoms. The molecule has 0 aliphatic carbocycles. The highest BCUT2D eigenvalue weighted by Gasteiger charge is 2.33. The van der Waals surface area contributed by atoms with Crippen molar-refractivity contribution < 1.29 is 4.39 Å². The minimum Gasteiger partial charge on any atom is -0.383 e. The van der Waals surface area contributed by atoms with E-state index in [0.29, 0.717) is 35.9 Å². The third-order valence-electron chi connectivity index (χ3n) is 5.44. The predicted octanol–water partition coefficient (Wildman–Crippen LogP) is 0.812. The lowest BCUT2D eigenvalue weighted by Gasteiger charge is -2.40. The van der Waals surface area contributed by atoms with Crippen LogP contribution in [0.1, 0.15) is 30.9 Å². The zero-order chi connectivity index (χ0) is 19.3. The van der Waals surface area contributed by atoms with Crippen molar-refractivity contribution in [3.8, 4) is 0 Å². The van der Waals surface area contributed by atoms with Crippen molar-refractivity contribution >= 4 is 11.7 Å². The van der Waals surface area contributed by atoms with E-state index in [4.69, 9.17) is 10.7 Å². The van der Waals surface area contributed by atoms with Gasteiger partial charge in [-0.25, -0.2) is 9.18 Å². The number of fused-ring (bicyclic) bond motifs is 5. The van der Waals surface area contributed by atoms with Crippen LogP contribution in [0.15, 0.2) is 38.8 Å². The van der Waals surface area contributed by atoms with Crippen LogP contribution in [0.5, 0.6) is 0 Å². The number of nitrogens with zero attached hydrogens (tertiary/aromatic N) is 4. The third-order valence-corrected chi connectivity index (χ3v) is 5.44.